The molecule has 4 nitrogen and oxygen atoms in total. The monoisotopic (exact) mass is 359 g/mol. The van der Waals surface area contributed by atoms with Crippen molar-refractivity contribution in [3.63, 3.8) is 0 Å². The number of fused-ring (bicyclic) bond motifs is 3. The van der Waals surface area contributed by atoms with Gasteiger partial charge in [0.1, 0.15) is 16.9 Å². The van der Waals surface area contributed by atoms with Gasteiger partial charge in [-0.3, -0.25) is 4.79 Å². The lowest BCUT2D eigenvalue weighted by Crippen LogP contribution is -2.30. The smallest absolute Gasteiger partial charge is 0.265 e. The van der Waals surface area contributed by atoms with Gasteiger partial charge in [0, 0.05) is 22.5 Å². The molecule has 0 aliphatic carbocycles. The van der Waals surface area contributed by atoms with Gasteiger partial charge in [-0.05, 0) is 43.2 Å². The highest BCUT2D eigenvalue weighted by Crippen LogP contribution is 2.30. The minimum absolute atomic E-state index is 0.198. The van der Waals surface area contributed by atoms with E-state index >= 15 is 0 Å². The lowest BCUT2D eigenvalue weighted by molar-refractivity contribution is -0.122. The normalized spacial score (nSPS) is 12.2. The van der Waals surface area contributed by atoms with Crippen molar-refractivity contribution in [2.24, 2.45) is 0 Å². The minimum atomic E-state index is -0.607. The molecular weight excluding hydrogens is 338 g/mol. The maximum Gasteiger partial charge on any atom is 0.265 e. The predicted octanol–water partition coefficient (Wildman–Crippen LogP) is 5.55. The van der Waals surface area contributed by atoms with E-state index in [2.05, 4.69) is 12.2 Å². The van der Waals surface area contributed by atoms with E-state index in [1.54, 1.807) is 6.92 Å². The fourth-order valence-corrected chi connectivity index (χ4v) is 3.20. The molecule has 1 heterocycles. The molecule has 0 spiro atoms. The van der Waals surface area contributed by atoms with Crippen LogP contribution in [0.4, 0.5) is 5.69 Å². The average molecular weight is 359 g/mol. The van der Waals surface area contributed by atoms with Crippen LogP contribution in [-0.4, -0.2) is 12.0 Å². The van der Waals surface area contributed by atoms with Gasteiger partial charge in [0.05, 0.1) is 0 Å². The predicted molar refractivity (Wildman–Crippen MR) is 108 cm³/mol. The summed E-state index contributed by atoms with van der Waals surface area (Å²) in [6, 6.07) is 21.4. The number of hydrogen-bond donors (Lipinski definition) is 1. The molecule has 1 amide bonds. The molecule has 0 radical (unpaired) electrons. The number of ether oxygens (including phenoxy) is 1. The lowest BCUT2D eigenvalue weighted by atomic mass is 10.1. The Hall–Kier alpha value is -3.27. The van der Waals surface area contributed by atoms with E-state index in [4.69, 9.17) is 9.15 Å². The van der Waals surface area contributed by atoms with Gasteiger partial charge in [0.2, 0.25) is 0 Å². The molecule has 3 aromatic carbocycles. The number of hydrogen-bond acceptors (Lipinski definition) is 3. The first-order chi connectivity index (χ1) is 13.2. The van der Waals surface area contributed by atoms with E-state index in [1.165, 1.54) is 0 Å². The van der Waals surface area contributed by atoms with Crippen LogP contribution in [0.2, 0.25) is 0 Å². The van der Waals surface area contributed by atoms with Crippen LogP contribution >= 0.6 is 0 Å². The molecule has 1 aromatic heterocycles. The van der Waals surface area contributed by atoms with Gasteiger partial charge in [-0.15, -0.1) is 0 Å². The molecule has 27 heavy (non-hydrogen) atoms. The van der Waals surface area contributed by atoms with Crippen LogP contribution in [0, 0.1) is 0 Å². The van der Waals surface area contributed by atoms with Gasteiger partial charge in [0.25, 0.3) is 5.91 Å². The third-order valence-electron chi connectivity index (χ3n) is 4.67. The first kappa shape index (κ1) is 17.2. The van der Waals surface area contributed by atoms with E-state index in [0.29, 0.717) is 5.69 Å². The molecule has 4 aromatic rings. The number of carbonyl (C=O) groups excluding carboxylic acids is 1. The van der Waals surface area contributed by atoms with Gasteiger partial charge >= 0.3 is 0 Å². The van der Waals surface area contributed by atoms with Crippen LogP contribution in [0.5, 0.6) is 5.75 Å². The summed E-state index contributed by atoms with van der Waals surface area (Å²) in [7, 11) is 0. The summed E-state index contributed by atoms with van der Waals surface area (Å²) in [4.78, 5) is 12.6. The van der Waals surface area contributed by atoms with Gasteiger partial charge in [-0.2, -0.15) is 0 Å². The molecule has 1 atom stereocenters. The Morgan fingerprint density at radius 1 is 1.00 bits per heavy atom. The summed E-state index contributed by atoms with van der Waals surface area (Å²) in [6.07, 6.45) is 0.247. The van der Waals surface area contributed by atoms with Gasteiger partial charge in [-0.25, -0.2) is 0 Å². The Labute approximate surface area is 157 Å². The molecule has 4 rings (SSSR count). The molecule has 0 aliphatic rings. The molecule has 0 aliphatic heterocycles. The number of para-hydroxylation sites is 2. The number of furan rings is 1. The topological polar surface area (TPSA) is 51.5 Å². The van der Waals surface area contributed by atoms with Crippen LogP contribution < -0.4 is 10.1 Å². The largest absolute Gasteiger partial charge is 0.481 e. The Balaban J connectivity index is 1.52. The first-order valence-electron chi connectivity index (χ1n) is 9.12. The SMILES string of the molecule is CCc1ccccc1O[C@@H](C)C(=O)Nc1ccc2c(c1)oc1ccccc12. The van der Waals surface area contributed by atoms with Gasteiger partial charge < -0.3 is 14.5 Å². The third kappa shape index (κ3) is 3.38. The summed E-state index contributed by atoms with van der Waals surface area (Å²) < 4.78 is 11.7. The standard InChI is InChI=1S/C23H21NO3/c1-3-16-8-4-6-10-20(16)26-15(2)23(25)24-17-12-13-19-18-9-5-7-11-21(18)27-22(19)14-17/h4-15H,3H2,1-2H3,(H,24,25)/t15-/m0/s1. The fourth-order valence-electron chi connectivity index (χ4n) is 3.20. The Bertz CT molecular complexity index is 1110. The second-order valence-electron chi connectivity index (χ2n) is 6.52. The molecule has 0 fully saturated rings. The number of benzene rings is 3. The maximum absolute atomic E-state index is 12.6. The number of nitrogens with one attached hydrogen (secondary N) is 1. The van der Waals surface area contributed by atoms with Crippen LogP contribution in [0.15, 0.2) is 71.1 Å². The van der Waals surface area contributed by atoms with Crippen LogP contribution in [-0.2, 0) is 11.2 Å². The van der Waals surface area contributed by atoms with Crippen LogP contribution in [0.25, 0.3) is 21.9 Å². The Morgan fingerprint density at radius 3 is 2.59 bits per heavy atom. The van der Waals surface area contributed by atoms with Crippen molar-refractivity contribution in [3.8, 4) is 5.75 Å². The Morgan fingerprint density at radius 2 is 1.74 bits per heavy atom. The van der Waals surface area contributed by atoms with E-state index in [9.17, 15) is 4.79 Å². The quantitative estimate of drug-likeness (QED) is 0.508. The number of aryl methyl sites for hydroxylation is 1. The molecule has 0 bridgehead atoms. The third-order valence-corrected chi connectivity index (χ3v) is 4.67. The number of amides is 1. The van der Waals surface area contributed by atoms with Crippen molar-refractivity contribution in [1.29, 1.82) is 0 Å². The number of carbonyl (C=O) groups is 1. The molecule has 0 unspecified atom stereocenters. The molecule has 136 valence electrons. The van der Waals surface area contributed by atoms with Gasteiger partial charge in [0.15, 0.2) is 6.10 Å². The van der Waals surface area contributed by atoms with E-state index in [-0.39, 0.29) is 5.91 Å². The summed E-state index contributed by atoms with van der Waals surface area (Å²) in [6.45, 7) is 3.82. The number of anilines is 1. The lowest BCUT2D eigenvalue weighted by Gasteiger charge is -2.16. The number of rotatable bonds is 5. The minimum Gasteiger partial charge on any atom is -0.481 e. The Kier molecular flexibility index (Phi) is 4.55. The first-order valence-corrected chi connectivity index (χ1v) is 9.12. The highest BCUT2D eigenvalue weighted by atomic mass is 16.5. The van der Waals surface area contributed by atoms with Crippen LogP contribution in [0.1, 0.15) is 19.4 Å². The second-order valence-corrected chi connectivity index (χ2v) is 6.52. The van der Waals surface area contributed by atoms with Crippen molar-refractivity contribution in [2.45, 2.75) is 26.4 Å². The van der Waals surface area contributed by atoms with Crippen molar-refractivity contribution in [3.05, 3.63) is 72.3 Å². The molecular formula is C23H21NO3. The average Bonchev–Trinajstić information content (AvgIpc) is 3.06. The molecule has 4 heteroatoms. The summed E-state index contributed by atoms with van der Waals surface area (Å²) in [5.74, 6) is 0.548. The maximum atomic E-state index is 12.6. The highest BCUT2D eigenvalue weighted by molar-refractivity contribution is 6.06. The molecule has 0 saturated heterocycles. The summed E-state index contributed by atoms with van der Waals surface area (Å²) in [5.41, 5.74) is 3.36. The molecule has 1 N–H and O–H groups in total. The van der Waals surface area contributed by atoms with Crippen molar-refractivity contribution >= 4 is 33.5 Å². The molecule has 0 saturated carbocycles. The van der Waals surface area contributed by atoms with E-state index < -0.39 is 6.10 Å². The second kappa shape index (κ2) is 7.16. The zero-order valence-electron chi connectivity index (χ0n) is 15.4. The van der Waals surface area contributed by atoms with Crippen LogP contribution in [0.3, 0.4) is 0 Å². The van der Waals surface area contributed by atoms with Crippen molar-refractivity contribution in [1.82, 2.24) is 0 Å². The van der Waals surface area contributed by atoms with Gasteiger partial charge in [-0.1, -0.05) is 43.3 Å². The highest BCUT2D eigenvalue weighted by Gasteiger charge is 2.17. The summed E-state index contributed by atoms with van der Waals surface area (Å²) in [5, 5.41) is 5.01. The zero-order valence-corrected chi connectivity index (χ0v) is 15.4. The zero-order chi connectivity index (χ0) is 18.8. The summed E-state index contributed by atoms with van der Waals surface area (Å²) >= 11 is 0. The van der Waals surface area contributed by atoms with E-state index in [0.717, 1.165) is 39.7 Å². The fraction of sp³-hybridized carbons (Fsp3) is 0.174. The van der Waals surface area contributed by atoms with Crippen molar-refractivity contribution < 1.29 is 13.9 Å². The van der Waals surface area contributed by atoms with E-state index in [1.807, 2.05) is 66.7 Å². The van der Waals surface area contributed by atoms with Crippen molar-refractivity contribution in [2.75, 3.05) is 5.32 Å².